The average Bonchev–Trinajstić information content (AvgIpc) is 3.16. The Morgan fingerprint density at radius 1 is 0.875 bits per heavy atom. The molecule has 162 valence electrons. The summed E-state index contributed by atoms with van der Waals surface area (Å²) in [6.07, 6.45) is 1.80. The third kappa shape index (κ3) is 3.68. The second kappa shape index (κ2) is 8.03. The second-order valence-electron chi connectivity index (χ2n) is 8.09. The Morgan fingerprint density at radius 3 is 2.38 bits per heavy atom. The van der Waals surface area contributed by atoms with E-state index in [0.717, 1.165) is 33.9 Å². The van der Waals surface area contributed by atoms with Crippen LogP contribution in [0.2, 0.25) is 0 Å². The summed E-state index contributed by atoms with van der Waals surface area (Å²) in [5.74, 6) is 2.36. The number of carbonyl (C=O) groups excluding carboxylic acids is 1. The molecule has 0 bridgehead atoms. The fraction of sp³-hybridized carbons (Fsp3) is 0.292. The van der Waals surface area contributed by atoms with Gasteiger partial charge in [0.2, 0.25) is 0 Å². The van der Waals surface area contributed by atoms with Crippen molar-refractivity contribution >= 4 is 22.6 Å². The summed E-state index contributed by atoms with van der Waals surface area (Å²) >= 11 is 0. The Balaban J connectivity index is 1.32. The molecule has 1 fully saturated rings. The number of carbonyl (C=O) groups is 1. The minimum atomic E-state index is -0.0283. The molecule has 1 saturated heterocycles. The predicted octanol–water partition coefficient (Wildman–Crippen LogP) is 3.10. The smallest absolute Gasteiger partial charge is 0.272 e. The molecule has 4 heterocycles. The van der Waals surface area contributed by atoms with Crippen LogP contribution in [-0.2, 0) is 0 Å². The fourth-order valence-corrected chi connectivity index (χ4v) is 4.04. The molecule has 8 heteroatoms. The van der Waals surface area contributed by atoms with Gasteiger partial charge >= 0.3 is 0 Å². The maximum absolute atomic E-state index is 13.0. The number of aryl methyl sites for hydroxylation is 2. The molecule has 0 spiro atoms. The zero-order valence-corrected chi connectivity index (χ0v) is 18.5. The number of nitrogens with zero attached hydrogens (tertiary/aromatic N) is 7. The highest BCUT2D eigenvalue weighted by Gasteiger charge is 2.24. The summed E-state index contributed by atoms with van der Waals surface area (Å²) < 4.78 is 1.98. The Morgan fingerprint density at radius 2 is 1.62 bits per heavy atom. The first kappa shape index (κ1) is 20.1. The van der Waals surface area contributed by atoms with Crippen LogP contribution in [0.1, 0.15) is 27.7 Å². The van der Waals surface area contributed by atoms with Gasteiger partial charge in [0, 0.05) is 43.3 Å². The van der Waals surface area contributed by atoms with E-state index in [1.165, 1.54) is 0 Å². The molecule has 32 heavy (non-hydrogen) atoms. The third-order valence-electron chi connectivity index (χ3n) is 6.02. The first-order chi connectivity index (χ1) is 15.5. The van der Waals surface area contributed by atoms with Crippen LogP contribution in [0.5, 0.6) is 0 Å². The molecule has 1 aliphatic rings. The molecule has 1 amide bonds. The van der Waals surface area contributed by atoms with Crippen molar-refractivity contribution in [3.63, 3.8) is 0 Å². The van der Waals surface area contributed by atoms with Crippen molar-refractivity contribution in [2.24, 2.45) is 0 Å². The molecule has 0 N–H and O–H groups in total. The number of para-hydroxylation sites is 1. The number of hydrogen-bond acceptors (Lipinski definition) is 6. The van der Waals surface area contributed by atoms with E-state index in [1.54, 1.807) is 6.33 Å². The lowest BCUT2D eigenvalue weighted by Crippen LogP contribution is -2.49. The molecule has 0 radical (unpaired) electrons. The lowest BCUT2D eigenvalue weighted by atomic mass is 10.2. The highest BCUT2D eigenvalue weighted by molar-refractivity contribution is 5.95. The number of imidazole rings is 1. The fourth-order valence-electron chi connectivity index (χ4n) is 4.04. The summed E-state index contributed by atoms with van der Waals surface area (Å²) in [6.45, 7) is 8.57. The Labute approximate surface area is 186 Å². The van der Waals surface area contributed by atoms with Gasteiger partial charge in [-0.2, -0.15) is 0 Å². The molecule has 5 rings (SSSR count). The van der Waals surface area contributed by atoms with Crippen molar-refractivity contribution < 1.29 is 4.79 Å². The number of hydrogen-bond donors (Lipinski definition) is 0. The summed E-state index contributed by atoms with van der Waals surface area (Å²) in [5, 5.41) is 1.03. The molecule has 8 nitrogen and oxygen atoms in total. The number of rotatable bonds is 3. The summed E-state index contributed by atoms with van der Waals surface area (Å²) in [6, 6.07) is 13.6. The van der Waals surface area contributed by atoms with Crippen LogP contribution < -0.4 is 4.90 Å². The van der Waals surface area contributed by atoms with Crippen LogP contribution in [0.25, 0.3) is 16.7 Å². The summed E-state index contributed by atoms with van der Waals surface area (Å²) in [7, 11) is 0. The van der Waals surface area contributed by atoms with Crippen LogP contribution in [0.4, 0.5) is 5.82 Å². The van der Waals surface area contributed by atoms with Crippen molar-refractivity contribution in [2.75, 3.05) is 31.1 Å². The minimum Gasteiger partial charge on any atom is -0.353 e. The van der Waals surface area contributed by atoms with Crippen molar-refractivity contribution in [3.8, 4) is 5.82 Å². The van der Waals surface area contributed by atoms with Gasteiger partial charge in [-0.3, -0.25) is 9.36 Å². The maximum Gasteiger partial charge on any atom is 0.272 e. The lowest BCUT2D eigenvalue weighted by Gasteiger charge is -2.35. The molecular formula is C24H25N7O. The molecule has 3 aromatic heterocycles. The van der Waals surface area contributed by atoms with E-state index >= 15 is 0 Å². The topological polar surface area (TPSA) is 80.0 Å². The van der Waals surface area contributed by atoms with Crippen molar-refractivity contribution in [1.82, 2.24) is 29.4 Å². The zero-order chi connectivity index (χ0) is 22.2. The molecule has 1 aliphatic heterocycles. The van der Waals surface area contributed by atoms with Crippen molar-refractivity contribution in [2.45, 2.75) is 20.8 Å². The van der Waals surface area contributed by atoms with E-state index in [0.29, 0.717) is 37.7 Å². The normalized spacial score (nSPS) is 14.2. The van der Waals surface area contributed by atoms with E-state index in [1.807, 2.05) is 72.7 Å². The van der Waals surface area contributed by atoms with Gasteiger partial charge in [0.25, 0.3) is 5.91 Å². The second-order valence-corrected chi connectivity index (χ2v) is 8.09. The molecule has 0 aliphatic carbocycles. The quantitative estimate of drug-likeness (QED) is 0.500. The molecule has 0 atom stereocenters. The number of anilines is 1. The van der Waals surface area contributed by atoms with Gasteiger partial charge in [0.1, 0.15) is 29.5 Å². The van der Waals surface area contributed by atoms with Gasteiger partial charge in [-0.05, 0) is 32.9 Å². The number of piperazine rings is 1. The van der Waals surface area contributed by atoms with Crippen LogP contribution >= 0.6 is 0 Å². The lowest BCUT2D eigenvalue weighted by molar-refractivity contribution is 0.0741. The number of benzene rings is 1. The van der Waals surface area contributed by atoms with E-state index in [2.05, 4.69) is 24.8 Å². The Bertz CT molecular complexity index is 1300. The van der Waals surface area contributed by atoms with Crippen LogP contribution in [-0.4, -0.2) is 61.5 Å². The number of pyridine rings is 1. The molecule has 1 aromatic carbocycles. The Kier molecular flexibility index (Phi) is 5.05. The monoisotopic (exact) mass is 427 g/mol. The maximum atomic E-state index is 13.0. The highest BCUT2D eigenvalue weighted by Crippen LogP contribution is 2.20. The first-order valence-corrected chi connectivity index (χ1v) is 10.8. The van der Waals surface area contributed by atoms with Gasteiger partial charge in [0.15, 0.2) is 0 Å². The van der Waals surface area contributed by atoms with Crippen LogP contribution in [0.3, 0.4) is 0 Å². The number of fused-ring (bicyclic) bond motifs is 1. The summed E-state index contributed by atoms with van der Waals surface area (Å²) in [5.41, 5.74) is 3.37. The van der Waals surface area contributed by atoms with Crippen molar-refractivity contribution in [3.05, 3.63) is 71.7 Å². The highest BCUT2D eigenvalue weighted by atomic mass is 16.2. The molecule has 4 aromatic rings. The molecule has 0 unspecified atom stereocenters. The van der Waals surface area contributed by atoms with Gasteiger partial charge in [-0.1, -0.05) is 24.3 Å². The van der Waals surface area contributed by atoms with E-state index in [9.17, 15) is 4.79 Å². The van der Waals surface area contributed by atoms with E-state index in [-0.39, 0.29) is 5.91 Å². The Hall–Kier alpha value is -3.81. The largest absolute Gasteiger partial charge is 0.353 e. The number of amides is 1. The zero-order valence-electron chi connectivity index (χ0n) is 18.5. The van der Waals surface area contributed by atoms with Gasteiger partial charge in [-0.25, -0.2) is 19.9 Å². The van der Waals surface area contributed by atoms with E-state index in [4.69, 9.17) is 0 Å². The van der Waals surface area contributed by atoms with E-state index < -0.39 is 0 Å². The average molecular weight is 428 g/mol. The molecule has 0 saturated carbocycles. The van der Waals surface area contributed by atoms with Crippen LogP contribution in [0, 0.1) is 20.8 Å². The van der Waals surface area contributed by atoms with Gasteiger partial charge < -0.3 is 9.80 Å². The standard InChI is InChI=1S/C24H25N7O/c1-16-17(2)31(15-25-16)23-14-22(26-18(3)27-23)29-10-12-30(13-11-29)24(32)21-9-8-19-6-4-5-7-20(19)28-21/h4-9,14-15H,10-13H2,1-3H3. The number of aromatic nitrogens is 5. The molecular weight excluding hydrogens is 402 g/mol. The SMILES string of the molecule is Cc1nc(N2CCN(C(=O)c3ccc4ccccc4n3)CC2)cc(-n2cnc(C)c2C)n1. The minimum absolute atomic E-state index is 0.0283. The third-order valence-corrected chi connectivity index (χ3v) is 6.02. The van der Waals surface area contributed by atoms with Crippen LogP contribution in [0.15, 0.2) is 48.8 Å². The van der Waals surface area contributed by atoms with Gasteiger partial charge in [-0.15, -0.1) is 0 Å². The summed E-state index contributed by atoms with van der Waals surface area (Å²) in [4.78, 5) is 35.3. The van der Waals surface area contributed by atoms with Crippen molar-refractivity contribution in [1.29, 1.82) is 0 Å². The first-order valence-electron chi connectivity index (χ1n) is 10.8. The predicted molar refractivity (Wildman–Crippen MR) is 123 cm³/mol. The van der Waals surface area contributed by atoms with Gasteiger partial charge in [0.05, 0.1) is 11.2 Å².